The molecule has 0 aliphatic carbocycles. The van der Waals surface area contributed by atoms with Crippen LogP contribution < -0.4 is 4.90 Å². The zero-order chi connectivity index (χ0) is 18.6. The van der Waals surface area contributed by atoms with Crippen molar-refractivity contribution in [2.75, 3.05) is 31.1 Å². The van der Waals surface area contributed by atoms with Gasteiger partial charge in [0.25, 0.3) is 0 Å². The lowest BCUT2D eigenvalue weighted by Gasteiger charge is -2.35. The minimum atomic E-state index is 0.742. The van der Waals surface area contributed by atoms with E-state index in [9.17, 15) is 0 Å². The van der Waals surface area contributed by atoms with Crippen LogP contribution in [0.5, 0.6) is 0 Å². The van der Waals surface area contributed by atoms with Gasteiger partial charge < -0.3 is 4.90 Å². The van der Waals surface area contributed by atoms with Crippen LogP contribution in [0.4, 0.5) is 5.69 Å². The molecule has 1 fully saturated rings. The fourth-order valence-electron chi connectivity index (χ4n) is 3.48. The lowest BCUT2D eigenvalue weighted by atomic mass is 10.2. The van der Waals surface area contributed by atoms with E-state index >= 15 is 0 Å². The third-order valence-corrected chi connectivity index (χ3v) is 5.46. The molecule has 1 aliphatic heterocycles. The van der Waals surface area contributed by atoms with Gasteiger partial charge in [0.15, 0.2) is 4.77 Å². The van der Waals surface area contributed by atoms with Crippen molar-refractivity contribution < 1.29 is 0 Å². The SMILES string of the molecule is Cc1nn(CN2CCN(c3ccncc3)CC2)c(=S)n1Cc1ccccc1. The molecule has 0 bridgehead atoms. The summed E-state index contributed by atoms with van der Waals surface area (Å²) in [5, 5.41) is 4.69. The molecule has 3 aromatic rings. The summed E-state index contributed by atoms with van der Waals surface area (Å²) in [5.74, 6) is 0.958. The summed E-state index contributed by atoms with van der Waals surface area (Å²) < 4.78 is 4.85. The smallest absolute Gasteiger partial charge is 0.199 e. The third-order valence-electron chi connectivity index (χ3n) is 5.03. The van der Waals surface area contributed by atoms with Crippen LogP contribution in [0.25, 0.3) is 0 Å². The van der Waals surface area contributed by atoms with Crippen molar-refractivity contribution in [3.63, 3.8) is 0 Å². The van der Waals surface area contributed by atoms with Gasteiger partial charge >= 0.3 is 0 Å². The molecule has 1 aromatic carbocycles. The number of rotatable bonds is 5. The van der Waals surface area contributed by atoms with Crippen molar-refractivity contribution in [1.29, 1.82) is 0 Å². The lowest BCUT2D eigenvalue weighted by molar-refractivity contribution is 0.194. The molecule has 7 heteroatoms. The Morgan fingerprint density at radius 3 is 2.37 bits per heavy atom. The topological polar surface area (TPSA) is 42.1 Å². The van der Waals surface area contributed by atoms with Crippen molar-refractivity contribution in [2.45, 2.75) is 20.1 Å². The van der Waals surface area contributed by atoms with Gasteiger partial charge in [0.1, 0.15) is 5.82 Å². The third kappa shape index (κ3) is 4.09. The first-order valence-electron chi connectivity index (χ1n) is 9.26. The van der Waals surface area contributed by atoms with Crippen LogP contribution >= 0.6 is 12.2 Å². The zero-order valence-corrected chi connectivity index (χ0v) is 16.3. The highest BCUT2D eigenvalue weighted by Crippen LogP contribution is 2.15. The maximum atomic E-state index is 5.70. The van der Waals surface area contributed by atoms with Gasteiger partial charge in [-0.25, -0.2) is 4.68 Å². The first-order chi connectivity index (χ1) is 13.2. The van der Waals surface area contributed by atoms with E-state index in [-0.39, 0.29) is 0 Å². The summed E-state index contributed by atoms with van der Waals surface area (Å²) in [5.41, 5.74) is 2.48. The number of hydrogen-bond acceptors (Lipinski definition) is 5. The first-order valence-corrected chi connectivity index (χ1v) is 9.67. The average molecular weight is 381 g/mol. The molecular formula is C20H24N6S. The molecule has 0 spiro atoms. The maximum absolute atomic E-state index is 5.70. The molecule has 0 amide bonds. The summed E-state index contributed by atoms with van der Waals surface area (Å²) in [7, 11) is 0. The fourth-order valence-corrected chi connectivity index (χ4v) is 3.78. The Labute approximate surface area is 164 Å². The highest BCUT2D eigenvalue weighted by molar-refractivity contribution is 7.71. The van der Waals surface area contributed by atoms with Gasteiger partial charge in [-0.05, 0) is 36.8 Å². The predicted octanol–water partition coefficient (Wildman–Crippen LogP) is 2.95. The molecule has 0 N–H and O–H groups in total. The Kier molecular flexibility index (Phi) is 5.31. The number of anilines is 1. The molecule has 0 unspecified atom stereocenters. The van der Waals surface area contributed by atoms with E-state index in [1.807, 2.05) is 30.1 Å². The van der Waals surface area contributed by atoms with Gasteiger partial charge in [0.05, 0.1) is 13.2 Å². The largest absolute Gasteiger partial charge is 0.369 e. The summed E-state index contributed by atoms with van der Waals surface area (Å²) in [6.45, 7) is 7.52. The van der Waals surface area contributed by atoms with Crippen LogP contribution in [0.3, 0.4) is 0 Å². The van der Waals surface area contributed by atoms with Gasteiger partial charge in [-0.15, -0.1) is 0 Å². The second-order valence-electron chi connectivity index (χ2n) is 6.85. The zero-order valence-electron chi connectivity index (χ0n) is 15.5. The van der Waals surface area contributed by atoms with Gasteiger partial charge in [0.2, 0.25) is 0 Å². The summed E-state index contributed by atoms with van der Waals surface area (Å²) >= 11 is 5.70. The fraction of sp³-hybridized carbons (Fsp3) is 0.350. The molecule has 1 saturated heterocycles. The quantitative estimate of drug-likeness (QED) is 0.637. The van der Waals surface area contributed by atoms with Crippen LogP contribution in [0, 0.1) is 11.7 Å². The number of hydrogen-bond donors (Lipinski definition) is 0. The van der Waals surface area contributed by atoms with Gasteiger partial charge in [-0.1, -0.05) is 30.3 Å². The van der Waals surface area contributed by atoms with E-state index in [2.05, 4.69) is 60.8 Å². The molecule has 1 aliphatic rings. The number of piperazine rings is 1. The molecule has 27 heavy (non-hydrogen) atoms. The van der Waals surface area contributed by atoms with Gasteiger partial charge in [-0.2, -0.15) is 5.10 Å². The van der Waals surface area contributed by atoms with Crippen molar-refractivity contribution in [3.8, 4) is 0 Å². The Morgan fingerprint density at radius 2 is 1.67 bits per heavy atom. The minimum Gasteiger partial charge on any atom is -0.369 e. The van der Waals surface area contributed by atoms with E-state index in [1.54, 1.807) is 0 Å². The van der Waals surface area contributed by atoms with Gasteiger partial charge in [-0.3, -0.25) is 14.5 Å². The molecule has 6 nitrogen and oxygen atoms in total. The van der Waals surface area contributed by atoms with Crippen molar-refractivity contribution in [2.24, 2.45) is 0 Å². The number of aromatic nitrogens is 4. The second kappa shape index (κ2) is 8.02. The van der Waals surface area contributed by atoms with E-state index in [0.29, 0.717) is 0 Å². The number of benzene rings is 1. The summed E-state index contributed by atoms with van der Waals surface area (Å²) in [6.07, 6.45) is 3.70. The van der Waals surface area contributed by atoms with Crippen molar-refractivity contribution >= 4 is 17.9 Å². The number of nitrogens with zero attached hydrogens (tertiary/aromatic N) is 6. The van der Waals surface area contributed by atoms with E-state index in [0.717, 1.165) is 50.0 Å². The Hall–Kier alpha value is -2.51. The number of aryl methyl sites for hydroxylation is 1. The van der Waals surface area contributed by atoms with Crippen LogP contribution in [0.15, 0.2) is 54.9 Å². The standard InChI is InChI=1S/C20H24N6S/c1-17-22-26(20(27)25(17)15-18-5-3-2-4-6-18)16-23-11-13-24(14-12-23)19-7-9-21-10-8-19/h2-10H,11-16H2,1H3. The number of pyridine rings is 1. The van der Waals surface area contributed by atoms with Crippen LogP contribution in [0.1, 0.15) is 11.4 Å². The molecule has 4 rings (SSSR count). The Morgan fingerprint density at radius 1 is 0.963 bits per heavy atom. The minimum absolute atomic E-state index is 0.742. The predicted molar refractivity (Wildman–Crippen MR) is 109 cm³/mol. The second-order valence-corrected chi connectivity index (χ2v) is 7.22. The Balaban J connectivity index is 1.41. The van der Waals surface area contributed by atoms with Crippen LogP contribution in [-0.2, 0) is 13.2 Å². The van der Waals surface area contributed by atoms with E-state index in [4.69, 9.17) is 12.2 Å². The normalized spacial score (nSPS) is 15.2. The highest BCUT2D eigenvalue weighted by Gasteiger charge is 2.18. The molecule has 3 heterocycles. The highest BCUT2D eigenvalue weighted by atomic mass is 32.1. The van der Waals surface area contributed by atoms with Crippen molar-refractivity contribution in [1.82, 2.24) is 24.2 Å². The molecule has 140 valence electrons. The monoisotopic (exact) mass is 380 g/mol. The van der Waals surface area contributed by atoms with E-state index in [1.165, 1.54) is 11.3 Å². The Bertz CT molecular complexity index is 926. The van der Waals surface area contributed by atoms with E-state index < -0.39 is 0 Å². The molecule has 0 saturated carbocycles. The summed E-state index contributed by atoms with van der Waals surface area (Å²) in [6, 6.07) is 14.5. The molecule has 0 radical (unpaired) electrons. The molecule has 0 atom stereocenters. The first kappa shape index (κ1) is 17.9. The van der Waals surface area contributed by atoms with Gasteiger partial charge in [0, 0.05) is 44.3 Å². The van der Waals surface area contributed by atoms with Crippen LogP contribution in [0.2, 0.25) is 0 Å². The molecular weight excluding hydrogens is 356 g/mol. The van der Waals surface area contributed by atoms with Crippen molar-refractivity contribution in [3.05, 3.63) is 71.0 Å². The maximum Gasteiger partial charge on any atom is 0.199 e. The summed E-state index contributed by atoms with van der Waals surface area (Å²) in [4.78, 5) is 8.91. The average Bonchev–Trinajstić information content (AvgIpc) is 2.97. The van der Waals surface area contributed by atoms with Crippen LogP contribution in [-0.4, -0.2) is 50.4 Å². The lowest BCUT2D eigenvalue weighted by Crippen LogP contribution is -2.47. The molecule has 2 aromatic heterocycles.